The Balaban J connectivity index is 1.82. The van der Waals surface area contributed by atoms with Crippen molar-refractivity contribution in [1.82, 2.24) is 10.2 Å². The van der Waals surface area contributed by atoms with Gasteiger partial charge in [0.25, 0.3) is 10.0 Å². The number of hydrogen-bond donors (Lipinski definition) is 1. The van der Waals surface area contributed by atoms with Crippen LogP contribution in [0, 0.1) is 13.8 Å². The maximum Gasteiger partial charge on any atom is 0.264 e. The number of carbonyl (C=O) groups is 2. The lowest BCUT2D eigenvalue weighted by Gasteiger charge is -2.34. The van der Waals surface area contributed by atoms with Crippen molar-refractivity contribution in [2.75, 3.05) is 10.8 Å². The Labute approximate surface area is 269 Å². The normalized spacial score (nSPS) is 12.0. The number of halogens is 1. The van der Waals surface area contributed by atoms with Crippen LogP contribution in [0.3, 0.4) is 0 Å². The van der Waals surface area contributed by atoms with Crippen molar-refractivity contribution >= 4 is 43.5 Å². The van der Waals surface area contributed by atoms with Gasteiger partial charge >= 0.3 is 0 Å². The van der Waals surface area contributed by atoms with Crippen molar-refractivity contribution in [2.24, 2.45) is 0 Å². The molecule has 7 nitrogen and oxygen atoms in total. The first-order chi connectivity index (χ1) is 21.0. The second-order valence-electron chi connectivity index (χ2n) is 11.1. The highest BCUT2D eigenvalue weighted by Crippen LogP contribution is 2.27. The van der Waals surface area contributed by atoms with E-state index in [9.17, 15) is 18.0 Å². The first-order valence-corrected chi connectivity index (χ1v) is 16.7. The van der Waals surface area contributed by atoms with Gasteiger partial charge in [-0.1, -0.05) is 82.7 Å². The summed E-state index contributed by atoms with van der Waals surface area (Å²) in [6.45, 7) is 7.19. The molecule has 0 aliphatic carbocycles. The number of amides is 2. The van der Waals surface area contributed by atoms with Gasteiger partial charge in [0, 0.05) is 23.5 Å². The van der Waals surface area contributed by atoms with Gasteiger partial charge in [-0.15, -0.1) is 0 Å². The summed E-state index contributed by atoms with van der Waals surface area (Å²) in [5, 5.41) is 2.98. The zero-order chi connectivity index (χ0) is 31.9. The van der Waals surface area contributed by atoms with Crippen molar-refractivity contribution in [2.45, 2.75) is 57.6 Å². The highest BCUT2D eigenvalue weighted by molar-refractivity contribution is 9.10. The minimum Gasteiger partial charge on any atom is -0.352 e. The second kappa shape index (κ2) is 14.7. The molecule has 0 fully saturated rings. The average Bonchev–Trinajstić information content (AvgIpc) is 2.99. The quantitative estimate of drug-likeness (QED) is 0.188. The van der Waals surface area contributed by atoms with E-state index in [1.54, 1.807) is 30.3 Å². The van der Waals surface area contributed by atoms with Gasteiger partial charge in [0.2, 0.25) is 11.8 Å². The fourth-order valence-electron chi connectivity index (χ4n) is 4.90. The summed E-state index contributed by atoms with van der Waals surface area (Å²) in [6, 6.07) is 29.4. The fraction of sp³-hybridized carbons (Fsp3) is 0.257. The summed E-state index contributed by atoms with van der Waals surface area (Å²) in [4.78, 5) is 29.8. The van der Waals surface area contributed by atoms with Crippen LogP contribution in [-0.2, 0) is 32.6 Å². The molecule has 4 aromatic rings. The first kappa shape index (κ1) is 33.0. The van der Waals surface area contributed by atoms with E-state index in [-0.39, 0.29) is 29.8 Å². The first-order valence-electron chi connectivity index (χ1n) is 14.5. The number of carbonyl (C=O) groups excluding carboxylic acids is 2. The van der Waals surface area contributed by atoms with Gasteiger partial charge < -0.3 is 10.2 Å². The van der Waals surface area contributed by atoms with Gasteiger partial charge in [0.15, 0.2) is 0 Å². The maximum absolute atomic E-state index is 14.5. The fourth-order valence-corrected chi connectivity index (χ4v) is 6.77. The average molecular weight is 677 g/mol. The molecule has 9 heteroatoms. The van der Waals surface area contributed by atoms with E-state index in [2.05, 4.69) is 21.2 Å². The molecule has 2 amide bonds. The Morgan fingerprint density at radius 3 is 2.05 bits per heavy atom. The van der Waals surface area contributed by atoms with Gasteiger partial charge in [-0.25, -0.2) is 8.42 Å². The van der Waals surface area contributed by atoms with Crippen LogP contribution in [0.4, 0.5) is 5.69 Å². The molecule has 0 aliphatic rings. The monoisotopic (exact) mass is 675 g/mol. The highest BCUT2D eigenvalue weighted by atomic mass is 79.9. The molecule has 0 spiro atoms. The van der Waals surface area contributed by atoms with Crippen LogP contribution in [0.2, 0.25) is 0 Å². The van der Waals surface area contributed by atoms with Gasteiger partial charge in [0.05, 0.1) is 10.6 Å². The number of rotatable bonds is 12. The second-order valence-corrected chi connectivity index (χ2v) is 13.9. The van der Waals surface area contributed by atoms with Crippen molar-refractivity contribution in [3.05, 3.63) is 130 Å². The molecule has 1 atom stereocenters. The topological polar surface area (TPSA) is 86.8 Å². The summed E-state index contributed by atoms with van der Waals surface area (Å²) in [7, 11) is -4.14. The molecule has 0 bridgehead atoms. The number of hydrogen-bond acceptors (Lipinski definition) is 4. The standard InChI is InChI=1S/C35H38BrN3O4S/c1-25(2)37-35(41)33(22-28-12-7-5-8-13-28)38(23-29-14-11-15-30(36)21-29)34(40)24-39(31-19-18-26(3)27(4)20-31)44(42,43)32-16-9-6-10-17-32/h5-21,25,33H,22-24H2,1-4H3,(H,37,41)/t33-/m0/s1. The number of aryl methyl sites for hydroxylation is 2. The molecule has 0 aliphatic heterocycles. The molecule has 0 radical (unpaired) electrons. The van der Waals surface area contributed by atoms with E-state index in [4.69, 9.17) is 0 Å². The van der Waals surface area contributed by atoms with Crippen LogP contribution in [0.5, 0.6) is 0 Å². The molecule has 44 heavy (non-hydrogen) atoms. The van der Waals surface area contributed by atoms with Gasteiger partial charge in [-0.3, -0.25) is 13.9 Å². The lowest BCUT2D eigenvalue weighted by atomic mass is 10.0. The Hall–Kier alpha value is -3.95. The van der Waals surface area contributed by atoms with Crippen molar-refractivity contribution in [1.29, 1.82) is 0 Å². The molecular formula is C35H38BrN3O4S. The van der Waals surface area contributed by atoms with E-state index < -0.39 is 28.5 Å². The number of anilines is 1. The molecular weight excluding hydrogens is 638 g/mol. The number of nitrogens with zero attached hydrogens (tertiary/aromatic N) is 2. The molecule has 4 aromatic carbocycles. The lowest BCUT2D eigenvalue weighted by molar-refractivity contribution is -0.140. The smallest absolute Gasteiger partial charge is 0.264 e. The summed E-state index contributed by atoms with van der Waals surface area (Å²) >= 11 is 3.51. The van der Waals surface area contributed by atoms with Crippen LogP contribution >= 0.6 is 15.9 Å². The van der Waals surface area contributed by atoms with E-state index in [0.29, 0.717) is 5.69 Å². The van der Waals surface area contributed by atoms with Crippen molar-refractivity contribution < 1.29 is 18.0 Å². The number of nitrogens with one attached hydrogen (secondary N) is 1. The van der Waals surface area contributed by atoms with Gasteiger partial charge in [-0.05, 0) is 86.3 Å². The molecule has 1 N–H and O–H groups in total. The molecule has 4 rings (SSSR count). The Kier molecular flexibility index (Phi) is 11.0. The Bertz CT molecular complexity index is 1700. The SMILES string of the molecule is Cc1ccc(N(CC(=O)N(Cc2cccc(Br)c2)[C@@H](Cc2ccccc2)C(=O)NC(C)C)S(=O)(=O)c2ccccc2)cc1C. The third-order valence-corrected chi connectivity index (χ3v) is 9.61. The third-order valence-electron chi connectivity index (χ3n) is 7.33. The summed E-state index contributed by atoms with van der Waals surface area (Å²) < 4.78 is 30.2. The molecule has 0 saturated heterocycles. The summed E-state index contributed by atoms with van der Waals surface area (Å²) in [5.41, 5.74) is 3.95. The highest BCUT2D eigenvalue weighted by Gasteiger charge is 2.35. The molecule has 0 aromatic heterocycles. The zero-order valence-electron chi connectivity index (χ0n) is 25.4. The minimum absolute atomic E-state index is 0.0722. The van der Waals surface area contributed by atoms with E-state index in [0.717, 1.165) is 31.0 Å². The number of sulfonamides is 1. The Morgan fingerprint density at radius 2 is 1.43 bits per heavy atom. The molecule has 0 heterocycles. The van der Waals surface area contributed by atoms with Gasteiger partial charge in [-0.2, -0.15) is 0 Å². The molecule has 0 unspecified atom stereocenters. The van der Waals surface area contributed by atoms with E-state index in [1.807, 2.05) is 88.4 Å². The predicted octanol–water partition coefficient (Wildman–Crippen LogP) is 6.43. The molecule has 0 saturated carbocycles. The third kappa shape index (κ3) is 8.36. The van der Waals surface area contributed by atoms with Crippen LogP contribution in [-0.4, -0.2) is 43.8 Å². The maximum atomic E-state index is 14.5. The minimum atomic E-state index is -4.14. The van der Waals surface area contributed by atoms with Gasteiger partial charge in [0.1, 0.15) is 12.6 Å². The summed E-state index contributed by atoms with van der Waals surface area (Å²) in [6.07, 6.45) is 0.258. The van der Waals surface area contributed by atoms with Crippen LogP contribution < -0.4 is 9.62 Å². The van der Waals surface area contributed by atoms with E-state index in [1.165, 1.54) is 17.0 Å². The summed E-state index contributed by atoms with van der Waals surface area (Å²) in [5.74, 6) is -0.807. The van der Waals surface area contributed by atoms with Crippen LogP contribution in [0.25, 0.3) is 0 Å². The zero-order valence-corrected chi connectivity index (χ0v) is 27.8. The van der Waals surface area contributed by atoms with Crippen molar-refractivity contribution in [3.63, 3.8) is 0 Å². The molecule has 230 valence electrons. The van der Waals surface area contributed by atoms with Crippen LogP contribution in [0.15, 0.2) is 112 Å². The Morgan fingerprint density at radius 1 is 0.795 bits per heavy atom. The largest absolute Gasteiger partial charge is 0.352 e. The predicted molar refractivity (Wildman–Crippen MR) is 179 cm³/mol. The number of benzene rings is 4. The van der Waals surface area contributed by atoms with Crippen LogP contribution in [0.1, 0.15) is 36.1 Å². The van der Waals surface area contributed by atoms with Crippen molar-refractivity contribution in [3.8, 4) is 0 Å². The van der Waals surface area contributed by atoms with E-state index >= 15 is 0 Å². The lowest BCUT2D eigenvalue weighted by Crippen LogP contribution is -2.54.